The summed E-state index contributed by atoms with van der Waals surface area (Å²) >= 11 is 0. The van der Waals surface area contributed by atoms with E-state index in [4.69, 9.17) is 10.5 Å². The van der Waals surface area contributed by atoms with Crippen molar-refractivity contribution in [2.24, 2.45) is 5.73 Å². The number of carbonyl (C=O) groups excluding carboxylic acids is 2. The van der Waals surface area contributed by atoms with Gasteiger partial charge in [-0.15, -0.1) is 12.4 Å². The summed E-state index contributed by atoms with van der Waals surface area (Å²) in [5.74, 6) is 0.542. The summed E-state index contributed by atoms with van der Waals surface area (Å²) in [6, 6.07) is 7.02. The number of ketones is 1. The van der Waals surface area contributed by atoms with Crippen molar-refractivity contribution >= 4 is 24.1 Å². The van der Waals surface area contributed by atoms with Crippen LogP contribution in [0.5, 0.6) is 5.75 Å². The molecule has 1 aromatic carbocycles. The topological polar surface area (TPSA) is 81.4 Å². The lowest BCUT2D eigenvalue weighted by atomic mass is 10.1. The summed E-state index contributed by atoms with van der Waals surface area (Å²) in [4.78, 5) is 23.7. The van der Waals surface area contributed by atoms with Gasteiger partial charge in [-0.3, -0.25) is 9.59 Å². The van der Waals surface area contributed by atoms with E-state index in [-0.39, 0.29) is 36.9 Å². The molecule has 0 aliphatic heterocycles. The first-order chi connectivity index (χ1) is 10.3. The van der Waals surface area contributed by atoms with Crippen molar-refractivity contribution in [3.05, 3.63) is 29.8 Å². The Morgan fingerprint density at radius 3 is 2.30 bits per heavy atom. The zero-order valence-corrected chi connectivity index (χ0v) is 14.9. The highest BCUT2D eigenvalue weighted by Gasteiger charge is 2.13. The molecule has 1 rings (SSSR count). The van der Waals surface area contributed by atoms with E-state index in [1.165, 1.54) is 0 Å². The lowest BCUT2D eigenvalue weighted by Gasteiger charge is -2.18. The molecule has 0 saturated heterocycles. The molecule has 0 heterocycles. The summed E-state index contributed by atoms with van der Waals surface area (Å²) in [5.41, 5.74) is 5.93. The van der Waals surface area contributed by atoms with Gasteiger partial charge in [0.25, 0.3) is 0 Å². The number of ether oxygens (including phenoxy) is 1. The van der Waals surface area contributed by atoms with E-state index in [0.29, 0.717) is 18.7 Å². The maximum Gasteiger partial charge on any atom is 0.220 e. The number of nitrogens with one attached hydrogen (secondary N) is 1. The van der Waals surface area contributed by atoms with Crippen molar-refractivity contribution in [3.8, 4) is 5.75 Å². The first kappa shape index (κ1) is 21.4. The summed E-state index contributed by atoms with van der Waals surface area (Å²) < 4.78 is 5.46. The number of rotatable bonds is 9. The molecule has 0 saturated carbocycles. The minimum atomic E-state index is -0.450. The molecule has 1 amide bonds. The monoisotopic (exact) mass is 342 g/mol. The third-order valence-electron chi connectivity index (χ3n) is 2.97. The lowest BCUT2D eigenvalue weighted by Crippen LogP contribution is -2.45. The number of benzene rings is 1. The van der Waals surface area contributed by atoms with E-state index in [2.05, 4.69) is 5.32 Å². The Balaban J connectivity index is 0.00000484. The highest BCUT2D eigenvalue weighted by molar-refractivity contribution is 5.98. The van der Waals surface area contributed by atoms with Gasteiger partial charge in [0.05, 0.1) is 6.61 Å². The standard InChI is InChI=1S/C17H26N2O3.ClH/c1-4-11-22-14-7-5-13(6-8-14)15(20)9-10-16(21)19-12-17(2,3)18;/h5-8H,4,9-12,18H2,1-3H3,(H,19,21);1H. The van der Waals surface area contributed by atoms with E-state index < -0.39 is 5.54 Å². The van der Waals surface area contributed by atoms with Gasteiger partial charge in [0.2, 0.25) is 5.91 Å². The summed E-state index contributed by atoms with van der Waals surface area (Å²) in [7, 11) is 0. The highest BCUT2D eigenvalue weighted by atomic mass is 35.5. The Labute approximate surface area is 144 Å². The minimum absolute atomic E-state index is 0. The minimum Gasteiger partial charge on any atom is -0.494 e. The molecule has 0 atom stereocenters. The van der Waals surface area contributed by atoms with Gasteiger partial charge in [0, 0.05) is 30.5 Å². The first-order valence-electron chi connectivity index (χ1n) is 7.63. The molecule has 0 bridgehead atoms. The first-order valence-corrected chi connectivity index (χ1v) is 7.63. The zero-order valence-electron chi connectivity index (χ0n) is 14.1. The molecule has 3 N–H and O–H groups in total. The molecule has 130 valence electrons. The molecule has 5 nitrogen and oxygen atoms in total. The second-order valence-corrected chi connectivity index (χ2v) is 6.06. The fourth-order valence-corrected chi connectivity index (χ4v) is 1.74. The Hall–Kier alpha value is -1.59. The van der Waals surface area contributed by atoms with Gasteiger partial charge in [-0.05, 0) is 44.5 Å². The lowest BCUT2D eigenvalue weighted by molar-refractivity contribution is -0.121. The molecule has 0 aliphatic carbocycles. The number of halogens is 1. The third kappa shape index (κ3) is 9.21. The summed E-state index contributed by atoms with van der Waals surface area (Å²) in [5, 5.41) is 2.73. The van der Waals surface area contributed by atoms with E-state index in [9.17, 15) is 9.59 Å². The van der Waals surface area contributed by atoms with Crippen LogP contribution in [0.15, 0.2) is 24.3 Å². The fourth-order valence-electron chi connectivity index (χ4n) is 1.74. The van der Waals surface area contributed by atoms with Crippen molar-refractivity contribution in [2.75, 3.05) is 13.2 Å². The van der Waals surface area contributed by atoms with Crippen LogP contribution < -0.4 is 15.8 Å². The average molecular weight is 343 g/mol. The fraction of sp³-hybridized carbons (Fsp3) is 0.529. The van der Waals surface area contributed by atoms with Crippen LogP contribution >= 0.6 is 12.4 Å². The van der Waals surface area contributed by atoms with E-state index >= 15 is 0 Å². The Bertz CT molecular complexity index is 496. The van der Waals surface area contributed by atoms with E-state index in [0.717, 1.165) is 12.2 Å². The number of hydrogen-bond donors (Lipinski definition) is 2. The number of carbonyl (C=O) groups is 2. The number of Topliss-reactive ketones (excluding diaryl/α,β-unsaturated/α-hetero) is 1. The maximum atomic E-state index is 12.0. The molecule has 6 heteroatoms. The Morgan fingerprint density at radius 1 is 1.17 bits per heavy atom. The summed E-state index contributed by atoms with van der Waals surface area (Å²) in [6.45, 7) is 6.75. The van der Waals surface area contributed by atoms with Crippen LogP contribution in [-0.2, 0) is 4.79 Å². The van der Waals surface area contributed by atoms with Gasteiger partial charge in [0.1, 0.15) is 5.75 Å². The third-order valence-corrected chi connectivity index (χ3v) is 2.97. The maximum absolute atomic E-state index is 12.0. The van der Waals surface area contributed by atoms with Crippen LogP contribution in [-0.4, -0.2) is 30.4 Å². The summed E-state index contributed by atoms with van der Waals surface area (Å²) in [6.07, 6.45) is 1.30. The van der Waals surface area contributed by atoms with Crippen molar-refractivity contribution in [1.82, 2.24) is 5.32 Å². The van der Waals surface area contributed by atoms with Crippen molar-refractivity contribution < 1.29 is 14.3 Å². The molecule has 0 aliphatic rings. The smallest absolute Gasteiger partial charge is 0.220 e. The molecule has 0 unspecified atom stereocenters. The second kappa shape index (κ2) is 10.2. The number of amides is 1. The van der Waals surface area contributed by atoms with Gasteiger partial charge in [0.15, 0.2) is 5.78 Å². The Morgan fingerprint density at radius 2 is 1.78 bits per heavy atom. The molecular formula is C17H27ClN2O3. The Kier molecular flexibility index (Phi) is 9.53. The predicted octanol–water partition coefficient (Wildman–Crippen LogP) is 2.71. The van der Waals surface area contributed by atoms with E-state index in [1.54, 1.807) is 24.3 Å². The van der Waals surface area contributed by atoms with Crippen LogP contribution in [0, 0.1) is 0 Å². The van der Waals surface area contributed by atoms with Gasteiger partial charge in [-0.25, -0.2) is 0 Å². The van der Waals surface area contributed by atoms with Gasteiger partial charge in [-0.2, -0.15) is 0 Å². The van der Waals surface area contributed by atoms with Crippen LogP contribution in [0.25, 0.3) is 0 Å². The largest absolute Gasteiger partial charge is 0.494 e. The van der Waals surface area contributed by atoms with Crippen LogP contribution in [0.4, 0.5) is 0 Å². The second-order valence-electron chi connectivity index (χ2n) is 6.06. The van der Waals surface area contributed by atoms with Crippen molar-refractivity contribution in [2.45, 2.75) is 45.6 Å². The molecular weight excluding hydrogens is 316 g/mol. The van der Waals surface area contributed by atoms with Crippen molar-refractivity contribution in [3.63, 3.8) is 0 Å². The van der Waals surface area contributed by atoms with Crippen LogP contribution in [0.3, 0.4) is 0 Å². The zero-order chi connectivity index (χ0) is 16.6. The molecule has 1 aromatic rings. The van der Waals surface area contributed by atoms with Gasteiger partial charge >= 0.3 is 0 Å². The molecule has 0 radical (unpaired) electrons. The highest BCUT2D eigenvalue weighted by Crippen LogP contribution is 2.14. The number of nitrogens with two attached hydrogens (primary N) is 1. The van der Waals surface area contributed by atoms with E-state index in [1.807, 2.05) is 20.8 Å². The number of hydrogen-bond acceptors (Lipinski definition) is 4. The molecule has 0 spiro atoms. The molecule has 0 aromatic heterocycles. The average Bonchev–Trinajstić information content (AvgIpc) is 2.48. The van der Waals surface area contributed by atoms with Crippen LogP contribution in [0.2, 0.25) is 0 Å². The van der Waals surface area contributed by atoms with Gasteiger partial charge < -0.3 is 15.8 Å². The van der Waals surface area contributed by atoms with Crippen molar-refractivity contribution in [1.29, 1.82) is 0 Å². The predicted molar refractivity (Wildman–Crippen MR) is 94.3 cm³/mol. The molecule has 0 fully saturated rings. The van der Waals surface area contributed by atoms with Crippen LogP contribution in [0.1, 0.15) is 50.4 Å². The SMILES string of the molecule is CCCOc1ccc(C(=O)CCC(=O)NCC(C)(C)N)cc1.Cl. The quantitative estimate of drug-likeness (QED) is 0.676. The normalized spacial score (nSPS) is 10.6. The molecule has 23 heavy (non-hydrogen) atoms. The van der Waals surface area contributed by atoms with Gasteiger partial charge in [-0.1, -0.05) is 6.92 Å².